The van der Waals surface area contributed by atoms with Crippen molar-refractivity contribution in [2.45, 2.75) is 48.7 Å². The Morgan fingerprint density at radius 3 is 2.07 bits per heavy atom. The minimum Gasteiger partial charge on any atom is -0.399 e. The molecule has 0 saturated carbocycles. The van der Waals surface area contributed by atoms with Crippen molar-refractivity contribution in [2.24, 2.45) is 0 Å². The largest absolute Gasteiger partial charge is 0.494 e. The van der Waals surface area contributed by atoms with Gasteiger partial charge in [-0.1, -0.05) is 54.2 Å². The van der Waals surface area contributed by atoms with Gasteiger partial charge >= 0.3 is 7.12 Å². The Morgan fingerprint density at radius 2 is 1.34 bits per heavy atom. The van der Waals surface area contributed by atoms with E-state index in [-0.39, 0.29) is 18.3 Å². The Kier molecular flexibility index (Phi) is 4.32. The molecule has 29 heavy (non-hydrogen) atoms. The standard InChI is InChI=1S/C24H24BNO2S/c1-23(2)24(3,4)28-25(27-23)18-12-9-16(10-13-18)17-11-14-22-20(15-17)26-19-7-5-6-8-21(19)29-22/h5-15,26H,1-4H3. The van der Waals surface area contributed by atoms with E-state index in [0.29, 0.717) is 0 Å². The van der Waals surface area contributed by atoms with Crippen molar-refractivity contribution in [3.8, 4) is 11.1 Å². The van der Waals surface area contributed by atoms with Crippen molar-refractivity contribution in [3.05, 3.63) is 66.7 Å². The van der Waals surface area contributed by atoms with Gasteiger partial charge in [-0.25, -0.2) is 0 Å². The fourth-order valence-corrected chi connectivity index (χ4v) is 4.60. The highest BCUT2D eigenvalue weighted by Crippen LogP contribution is 2.45. The van der Waals surface area contributed by atoms with Gasteiger partial charge in [0.25, 0.3) is 0 Å². The quantitative estimate of drug-likeness (QED) is 0.426. The van der Waals surface area contributed by atoms with E-state index in [2.05, 4.69) is 99.7 Å². The average Bonchev–Trinajstić information content (AvgIpc) is 2.93. The van der Waals surface area contributed by atoms with Crippen LogP contribution in [0, 0.1) is 0 Å². The maximum absolute atomic E-state index is 6.17. The molecule has 0 amide bonds. The predicted molar refractivity (Wildman–Crippen MR) is 121 cm³/mol. The van der Waals surface area contributed by atoms with Crippen LogP contribution in [-0.4, -0.2) is 18.3 Å². The summed E-state index contributed by atoms with van der Waals surface area (Å²) in [5.74, 6) is 0. The van der Waals surface area contributed by atoms with Gasteiger partial charge in [0.05, 0.1) is 22.6 Å². The number of hydrogen-bond donors (Lipinski definition) is 1. The molecule has 1 saturated heterocycles. The third-order valence-corrected chi connectivity index (χ3v) is 7.28. The van der Waals surface area contributed by atoms with Gasteiger partial charge in [0.1, 0.15) is 0 Å². The first kappa shape index (κ1) is 18.8. The summed E-state index contributed by atoms with van der Waals surface area (Å²) < 4.78 is 12.3. The van der Waals surface area contributed by atoms with Gasteiger partial charge in [0.15, 0.2) is 0 Å². The van der Waals surface area contributed by atoms with Crippen LogP contribution >= 0.6 is 11.8 Å². The van der Waals surface area contributed by atoms with E-state index in [4.69, 9.17) is 9.31 Å². The Hall–Kier alpha value is -2.21. The third kappa shape index (κ3) is 3.27. The molecule has 3 nitrogen and oxygen atoms in total. The number of para-hydroxylation sites is 1. The Labute approximate surface area is 177 Å². The summed E-state index contributed by atoms with van der Waals surface area (Å²) in [6.45, 7) is 8.32. The van der Waals surface area contributed by atoms with E-state index >= 15 is 0 Å². The molecule has 0 atom stereocenters. The molecule has 0 radical (unpaired) electrons. The number of benzene rings is 3. The highest BCUT2D eigenvalue weighted by atomic mass is 32.2. The number of rotatable bonds is 2. The number of fused-ring (bicyclic) bond motifs is 2. The summed E-state index contributed by atoms with van der Waals surface area (Å²) in [5, 5.41) is 3.56. The Morgan fingerprint density at radius 1 is 0.724 bits per heavy atom. The average molecular weight is 401 g/mol. The van der Waals surface area contributed by atoms with Crippen molar-refractivity contribution < 1.29 is 9.31 Å². The summed E-state index contributed by atoms with van der Waals surface area (Å²) in [5.41, 5.74) is 5.09. The molecule has 146 valence electrons. The number of anilines is 2. The maximum Gasteiger partial charge on any atom is 0.494 e. The van der Waals surface area contributed by atoms with Gasteiger partial charge in [-0.15, -0.1) is 0 Å². The normalized spacial score (nSPS) is 18.7. The molecule has 0 aliphatic carbocycles. The molecular formula is C24H24BNO2S. The number of nitrogens with one attached hydrogen (secondary N) is 1. The van der Waals surface area contributed by atoms with Crippen molar-refractivity contribution >= 4 is 35.7 Å². The van der Waals surface area contributed by atoms with Crippen LogP contribution < -0.4 is 10.8 Å². The summed E-state index contributed by atoms with van der Waals surface area (Å²) >= 11 is 1.81. The molecule has 0 spiro atoms. The second-order valence-corrected chi connectivity index (χ2v) is 9.73. The maximum atomic E-state index is 6.17. The molecule has 1 N–H and O–H groups in total. The molecule has 2 aliphatic rings. The van der Waals surface area contributed by atoms with Crippen LogP contribution in [0.15, 0.2) is 76.5 Å². The van der Waals surface area contributed by atoms with Crippen LogP contribution in [0.1, 0.15) is 27.7 Å². The van der Waals surface area contributed by atoms with Gasteiger partial charge in [-0.3, -0.25) is 0 Å². The molecule has 3 aromatic rings. The molecular weight excluding hydrogens is 377 g/mol. The minimum absolute atomic E-state index is 0.325. The lowest BCUT2D eigenvalue weighted by molar-refractivity contribution is 0.00578. The number of hydrogen-bond acceptors (Lipinski definition) is 4. The lowest BCUT2D eigenvalue weighted by Crippen LogP contribution is -2.41. The van der Waals surface area contributed by atoms with Gasteiger partial charge in [-0.2, -0.15) is 0 Å². The van der Waals surface area contributed by atoms with E-state index in [1.54, 1.807) is 0 Å². The summed E-state index contributed by atoms with van der Waals surface area (Å²) in [4.78, 5) is 2.51. The summed E-state index contributed by atoms with van der Waals surface area (Å²) in [6.07, 6.45) is 0. The van der Waals surface area contributed by atoms with E-state index < -0.39 is 0 Å². The van der Waals surface area contributed by atoms with E-state index in [1.807, 2.05) is 11.8 Å². The van der Waals surface area contributed by atoms with Crippen LogP contribution in [0.2, 0.25) is 0 Å². The minimum atomic E-state index is -0.327. The highest BCUT2D eigenvalue weighted by molar-refractivity contribution is 7.99. The SMILES string of the molecule is CC1(C)OB(c2ccc(-c3ccc4c(c3)Nc3ccccc3S4)cc2)OC1(C)C. The molecule has 0 aromatic heterocycles. The van der Waals surface area contributed by atoms with E-state index in [0.717, 1.165) is 11.2 Å². The molecule has 5 rings (SSSR count). The fraction of sp³-hybridized carbons (Fsp3) is 0.250. The zero-order chi connectivity index (χ0) is 20.2. The monoisotopic (exact) mass is 401 g/mol. The van der Waals surface area contributed by atoms with Gasteiger partial charge in [0, 0.05) is 9.79 Å². The van der Waals surface area contributed by atoms with Crippen LogP contribution in [0.25, 0.3) is 11.1 Å². The first-order valence-corrected chi connectivity index (χ1v) is 10.8. The molecule has 0 unspecified atom stereocenters. The second kappa shape index (κ2) is 6.66. The lowest BCUT2D eigenvalue weighted by atomic mass is 9.78. The molecule has 1 fully saturated rings. The van der Waals surface area contributed by atoms with Gasteiger partial charge in [0.2, 0.25) is 0 Å². The summed E-state index contributed by atoms with van der Waals surface area (Å²) in [7, 11) is -0.327. The highest BCUT2D eigenvalue weighted by Gasteiger charge is 2.51. The van der Waals surface area contributed by atoms with Gasteiger partial charge in [-0.05, 0) is 68.6 Å². The second-order valence-electron chi connectivity index (χ2n) is 8.64. The van der Waals surface area contributed by atoms with Crippen molar-refractivity contribution in [3.63, 3.8) is 0 Å². The zero-order valence-electron chi connectivity index (χ0n) is 17.2. The van der Waals surface area contributed by atoms with E-state index in [1.165, 1.54) is 26.6 Å². The fourth-order valence-electron chi connectivity index (χ4n) is 3.63. The van der Waals surface area contributed by atoms with Crippen molar-refractivity contribution in [2.75, 3.05) is 5.32 Å². The van der Waals surface area contributed by atoms with Crippen molar-refractivity contribution in [1.29, 1.82) is 0 Å². The van der Waals surface area contributed by atoms with Crippen LogP contribution in [-0.2, 0) is 9.31 Å². The molecule has 2 heterocycles. The first-order valence-electron chi connectivity index (χ1n) is 9.96. The van der Waals surface area contributed by atoms with Crippen LogP contribution in [0.4, 0.5) is 11.4 Å². The predicted octanol–water partition coefficient (Wildman–Crippen LogP) is 5.86. The third-order valence-electron chi connectivity index (χ3n) is 6.13. The smallest absolute Gasteiger partial charge is 0.399 e. The lowest BCUT2D eigenvalue weighted by Gasteiger charge is -2.32. The Bertz CT molecular complexity index is 1060. The molecule has 0 bridgehead atoms. The molecule has 3 aromatic carbocycles. The first-order chi connectivity index (χ1) is 13.8. The molecule has 5 heteroatoms. The van der Waals surface area contributed by atoms with Crippen LogP contribution in [0.5, 0.6) is 0 Å². The summed E-state index contributed by atoms with van der Waals surface area (Å²) in [6, 6.07) is 23.5. The molecule has 2 aliphatic heterocycles. The van der Waals surface area contributed by atoms with Crippen molar-refractivity contribution in [1.82, 2.24) is 0 Å². The topological polar surface area (TPSA) is 30.5 Å². The van der Waals surface area contributed by atoms with E-state index in [9.17, 15) is 0 Å². The Balaban J connectivity index is 1.39. The van der Waals surface area contributed by atoms with Crippen LogP contribution in [0.3, 0.4) is 0 Å². The van der Waals surface area contributed by atoms with Gasteiger partial charge < -0.3 is 14.6 Å². The zero-order valence-corrected chi connectivity index (χ0v) is 18.0.